The summed E-state index contributed by atoms with van der Waals surface area (Å²) >= 11 is 0. The lowest BCUT2D eigenvalue weighted by atomic mass is 9.88. The Kier molecular flexibility index (Phi) is 6.45. The SMILES string of the molecule is CCOP1(=O)N=C(C2C(=O)c3cc(F)ccc3N(CCC3CC3)C2=O)Nc2ccc(NS(C)(=O)=O)cc21. The van der Waals surface area contributed by atoms with Crippen LogP contribution in [0.25, 0.3) is 0 Å². The molecule has 3 aliphatic rings. The Bertz CT molecular complexity index is 1490. The van der Waals surface area contributed by atoms with Crippen LogP contribution in [-0.2, 0) is 23.9 Å². The summed E-state index contributed by atoms with van der Waals surface area (Å²) < 4.78 is 63.5. The smallest absolute Gasteiger partial charge is 0.342 e. The number of sulfonamides is 1. The van der Waals surface area contributed by atoms with Crippen LogP contribution in [0, 0.1) is 17.7 Å². The molecule has 2 N–H and O–H groups in total. The zero-order valence-electron chi connectivity index (χ0n) is 20.2. The van der Waals surface area contributed by atoms with Gasteiger partial charge in [-0.15, -0.1) is 0 Å². The molecule has 2 aliphatic heterocycles. The zero-order valence-corrected chi connectivity index (χ0v) is 21.9. The molecule has 2 aromatic carbocycles. The Morgan fingerprint density at radius 3 is 2.65 bits per heavy atom. The van der Waals surface area contributed by atoms with Gasteiger partial charge in [0.25, 0.3) is 0 Å². The van der Waals surface area contributed by atoms with Crippen LogP contribution < -0.4 is 20.2 Å². The van der Waals surface area contributed by atoms with E-state index in [1.807, 2.05) is 0 Å². The molecule has 13 heteroatoms. The molecule has 2 unspecified atom stereocenters. The predicted molar refractivity (Wildman–Crippen MR) is 139 cm³/mol. The molecule has 37 heavy (non-hydrogen) atoms. The van der Waals surface area contributed by atoms with E-state index in [1.165, 1.54) is 35.2 Å². The standard InChI is InChI=1S/C24H26FN4O6PS/c1-3-35-36(32)20-13-16(28-37(2,33)34)7-8-18(20)26-23(27-36)21-22(30)17-12-15(25)6-9-19(17)29(24(21)31)11-10-14-4-5-14/h6-9,12-14,21,28H,3-5,10-11H2,1-2H3,(H,26,27,32). The second-order valence-electron chi connectivity index (χ2n) is 9.34. The van der Waals surface area contributed by atoms with Gasteiger partial charge in [-0.1, -0.05) is 12.8 Å². The summed E-state index contributed by atoms with van der Waals surface area (Å²) in [6, 6.07) is 8.00. The van der Waals surface area contributed by atoms with E-state index < -0.39 is 41.0 Å². The maximum Gasteiger partial charge on any atom is 0.348 e. The monoisotopic (exact) mass is 548 g/mol. The minimum Gasteiger partial charge on any atom is -0.342 e. The van der Waals surface area contributed by atoms with E-state index in [2.05, 4.69) is 14.8 Å². The summed E-state index contributed by atoms with van der Waals surface area (Å²) in [5.41, 5.74) is 0.808. The molecule has 196 valence electrons. The van der Waals surface area contributed by atoms with Crippen molar-refractivity contribution in [3.05, 3.63) is 47.8 Å². The van der Waals surface area contributed by atoms with Gasteiger partial charge in [-0.3, -0.25) is 18.9 Å². The maximum absolute atomic E-state index is 14.1. The van der Waals surface area contributed by atoms with E-state index in [0.717, 1.165) is 31.6 Å². The first-order chi connectivity index (χ1) is 17.5. The van der Waals surface area contributed by atoms with Gasteiger partial charge in [0.15, 0.2) is 11.7 Å². The van der Waals surface area contributed by atoms with Gasteiger partial charge < -0.3 is 14.7 Å². The van der Waals surface area contributed by atoms with Crippen LogP contribution >= 0.6 is 7.52 Å². The second-order valence-corrected chi connectivity index (χ2v) is 13.1. The number of ketones is 1. The molecule has 2 aromatic rings. The van der Waals surface area contributed by atoms with Crippen molar-refractivity contribution in [3.63, 3.8) is 0 Å². The number of amides is 1. The lowest BCUT2D eigenvalue weighted by Gasteiger charge is -2.35. The number of hydrogen-bond acceptors (Lipinski definition) is 7. The van der Waals surface area contributed by atoms with Crippen LogP contribution in [0.4, 0.5) is 21.5 Å². The number of Topliss-reactive ketones (excluding diaryl/α,β-unsaturated/α-hetero) is 1. The lowest BCUT2D eigenvalue weighted by Crippen LogP contribution is -2.50. The van der Waals surface area contributed by atoms with Crippen LogP contribution in [0.3, 0.4) is 0 Å². The highest BCUT2D eigenvalue weighted by atomic mass is 32.2. The highest BCUT2D eigenvalue weighted by Gasteiger charge is 2.46. The van der Waals surface area contributed by atoms with E-state index in [9.17, 15) is 27.0 Å². The normalized spacial score (nSPS) is 23.2. The number of amidine groups is 1. The Labute approximate surface area is 213 Å². The molecule has 0 aromatic heterocycles. The molecule has 0 saturated heterocycles. The molecule has 2 heterocycles. The minimum absolute atomic E-state index is 0.00531. The van der Waals surface area contributed by atoms with Crippen molar-refractivity contribution in [3.8, 4) is 0 Å². The van der Waals surface area contributed by atoms with Crippen LogP contribution in [0.15, 0.2) is 41.2 Å². The van der Waals surface area contributed by atoms with Crippen LogP contribution in [-0.4, -0.2) is 45.4 Å². The van der Waals surface area contributed by atoms with Gasteiger partial charge in [0.05, 0.1) is 29.5 Å². The Balaban J connectivity index is 1.57. The first-order valence-corrected chi connectivity index (χ1v) is 15.4. The third-order valence-corrected chi connectivity index (χ3v) is 9.11. The summed E-state index contributed by atoms with van der Waals surface area (Å²) in [5, 5.41) is 3.03. The quantitative estimate of drug-likeness (QED) is 0.381. The summed E-state index contributed by atoms with van der Waals surface area (Å²) in [5.74, 6) is -2.93. The van der Waals surface area contributed by atoms with Crippen molar-refractivity contribution < 1.29 is 31.5 Å². The summed E-state index contributed by atoms with van der Waals surface area (Å²) in [4.78, 5) is 28.7. The number of carbonyl (C=O) groups excluding carboxylic acids is 2. The number of nitrogens with one attached hydrogen (secondary N) is 2. The summed E-state index contributed by atoms with van der Waals surface area (Å²) in [6.07, 6.45) is 3.90. The fourth-order valence-corrected chi connectivity index (χ4v) is 6.98. The third kappa shape index (κ3) is 5.05. The van der Waals surface area contributed by atoms with Gasteiger partial charge in [-0.25, -0.2) is 12.8 Å². The largest absolute Gasteiger partial charge is 0.348 e. The third-order valence-electron chi connectivity index (χ3n) is 6.43. The van der Waals surface area contributed by atoms with Gasteiger partial charge in [-0.2, -0.15) is 4.76 Å². The van der Waals surface area contributed by atoms with Crippen molar-refractivity contribution >= 4 is 57.4 Å². The van der Waals surface area contributed by atoms with Crippen molar-refractivity contribution in [1.82, 2.24) is 0 Å². The number of halogens is 1. The summed E-state index contributed by atoms with van der Waals surface area (Å²) in [7, 11) is -7.62. The van der Waals surface area contributed by atoms with E-state index >= 15 is 0 Å². The van der Waals surface area contributed by atoms with Crippen molar-refractivity contribution in [1.29, 1.82) is 0 Å². The first kappa shape index (κ1) is 25.6. The van der Waals surface area contributed by atoms with Crippen molar-refractivity contribution in [2.45, 2.75) is 26.2 Å². The lowest BCUT2D eigenvalue weighted by molar-refractivity contribution is -0.119. The Morgan fingerprint density at radius 1 is 1.22 bits per heavy atom. The highest BCUT2D eigenvalue weighted by Crippen LogP contribution is 2.53. The number of anilines is 3. The van der Waals surface area contributed by atoms with Crippen LogP contribution in [0.1, 0.15) is 36.5 Å². The minimum atomic E-state index is -4.01. The van der Waals surface area contributed by atoms with E-state index in [-0.39, 0.29) is 34.7 Å². The number of carbonyl (C=O) groups is 2. The number of nitrogens with zero attached hydrogens (tertiary/aromatic N) is 2. The molecular weight excluding hydrogens is 522 g/mol. The zero-order chi connectivity index (χ0) is 26.5. The molecule has 0 radical (unpaired) electrons. The predicted octanol–water partition coefficient (Wildman–Crippen LogP) is 3.52. The van der Waals surface area contributed by atoms with Crippen LogP contribution in [0.5, 0.6) is 0 Å². The van der Waals surface area contributed by atoms with Crippen molar-refractivity contribution in [2.24, 2.45) is 16.6 Å². The topological polar surface area (TPSA) is 134 Å². The van der Waals surface area contributed by atoms with Crippen molar-refractivity contribution in [2.75, 3.05) is 34.3 Å². The molecule has 1 aliphatic carbocycles. The van der Waals surface area contributed by atoms with Gasteiger partial charge in [0.1, 0.15) is 11.7 Å². The highest BCUT2D eigenvalue weighted by molar-refractivity contribution is 7.92. The maximum atomic E-state index is 14.1. The van der Waals surface area contributed by atoms with Gasteiger partial charge in [0, 0.05) is 17.8 Å². The van der Waals surface area contributed by atoms with E-state index in [0.29, 0.717) is 18.2 Å². The molecule has 1 saturated carbocycles. The van der Waals surface area contributed by atoms with Gasteiger partial charge >= 0.3 is 7.52 Å². The van der Waals surface area contributed by atoms with E-state index in [4.69, 9.17) is 4.52 Å². The molecule has 0 spiro atoms. The van der Waals surface area contributed by atoms with Gasteiger partial charge in [0.2, 0.25) is 15.9 Å². The summed E-state index contributed by atoms with van der Waals surface area (Å²) in [6.45, 7) is 1.98. The molecule has 10 nitrogen and oxygen atoms in total. The molecule has 2 atom stereocenters. The Hall–Kier alpha value is -3.08. The molecule has 0 bridgehead atoms. The number of rotatable bonds is 8. The second kappa shape index (κ2) is 9.34. The Morgan fingerprint density at radius 2 is 1.97 bits per heavy atom. The average molecular weight is 549 g/mol. The van der Waals surface area contributed by atoms with Crippen LogP contribution in [0.2, 0.25) is 0 Å². The number of benzene rings is 2. The number of fused-ring (bicyclic) bond motifs is 2. The fraction of sp³-hybridized carbons (Fsp3) is 0.375. The van der Waals surface area contributed by atoms with E-state index in [1.54, 1.807) is 6.92 Å². The number of hydrogen-bond donors (Lipinski definition) is 2. The molecule has 1 amide bonds. The molecule has 5 rings (SSSR count). The molecular formula is C24H26FN4O6PS. The van der Waals surface area contributed by atoms with Gasteiger partial charge in [-0.05, 0) is 55.7 Å². The average Bonchev–Trinajstić information content (AvgIpc) is 3.63. The first-order valence-electron chi connectivity index (χ1n) is 11.9. The molecule has 1 fully saturated rings. The fourth-order valence-electron chi connectivity index (χ4n) is 4.58.